The summed E-state index contributed by atoms with van der Waals surface area (Å²) in [4.78, 5) is 12.3. The molecule has 24 heavy (non-hydrogen) atoms. The number of aromatic amines is 1. The van der Waals surface area contributed by atoms with Crippen molar-refractivity contribution >= 4 is 18.1 Å². The first kappa shape index (κ1) is 16.9. The van der Waals surface area contributed by atoms with E-state index in [0.717, 1.165) is 36.2 Å². The fraction of sp³-hybridized carbons (Fsp3) is 0.471. The van der Waals surface area contributed by atoms with Crippen molar-refractivity contribution < 1.29 is 9.90 Å². The average molecular weight is 346 g/mol. The maximum absolute atomic E-state index is 12.3. The highest BCUT2D eigenvalue weighted by Gasteiger charge is 2.36. The second-order valence-corrected chi connectivity index (χ2v) is 6.63. The molecule has 1 atom stereocenters. The predicted octanol–water partition coefficient (Wildman–Crippen LogP) is 1.84. The highest BCUT2D eigenvalue weighted by Crippen LogP contribution is 2.36. The monoisotopic (exact) mass is 346 g/mol. The van der Waals surface area contributed by atoms with E-state index in [1.807, 2.05) is 24.3 Å². The van der Waals surface area contributed by atoms with Crippen LogP contribution in [0.3, 0.4) is 0 Å². The number of fused-ring (bicyclic) bond motifs is 1. The van der Waals surface area contributed by atoms with Gasteiger partial charge in [-0.15, -0.1) is 0 Å². The van der Waals surface area contributed by atoms with Crippen LogP contribution in [0.4, 0.5) is 0 Å². The average Bonchev–Trinajstić information content (AvgIpc) is 3.09. The molecule has 7 heteroatoms. The van der Waals surface area contributed by atoms with Gasteiger partial charge in [-0.05, 0) is 42.6 Å². The van der Waals surface area contributed by atoms with Crippen LogP contribution in [0.25, 0.3) is 0 Å². The number of hydrogen-bond donors (Lipinski definition) is 3. The Balaban J connectivity index is 1.65. The van der Waals surface area contributed by atoms with E-state index < -0.39 is 5.60 Å². The van der Waals surface area contributed by atoms with Crippen molar-refractivity contribution in [3.05, 3.63) is 46.0 Å². The van der Waals surface area contributed by atoms with Gasteiger partial charge in [0.15, 0.2) is 4.77 Å². The summed E-state index contributed by atoms with van der Waals surface area (Å²) in [6.45, 7) is 2.37. The van der Waals surface area contributed by atoms with E-state index in [9.17, 15) is 9.90 Å². The van der Waals surface area contributed by atoms with Crippen LogP contribution < -0.4 is 5.32 Å². The highest BCUT2D eigenvalue weighted by atomic mass is 32.1. The molecule has 0 fully saturated rings. The summed E-state index contributed by atoms with van der Waals surface area (Å²) < 4.78 is 2.15. The number of nitrogens with zero attached hydrogens (tertiary/aromatic N) is 2. The molecule has 0 spiro atoms. The van der Waals surface area contributed by atoms with Crippen LogP contribution in [0.5, 0.6) is 0 Å². The predicted molar refractivity (Wildman–Crippen MR) is 93.1 cm³/mol. The van der Waals surface area contributed by atoms with Crippen LogP contribution in [-0.2, 0) is 29.8 Å². The number of hydrogen-bond acceptors (Lipinski definition) is 4. The molecule has 0 saturated carbocycles. The first-order valence-corrected chi connectivity index (χ1v) is 8.66. The Hall–Kier alpha value is -1.99. The quantitative estimate of drug-likeness (QED) is 0.697. The molecule has 0 radical (unpaired) electrons. The van der Waals surface area contributed by atoms with Crippen molar-refractivity contribution in [3.8, 4) is 0 Å². The molecule has 1 aromatic heterocycles. The van der Waals surface area contributed by atoms with Crippen LogP contribution in [0.2, 0.25) is 0 Å². The highest BCUT2D eigenvalue weighted by molar-refractivity contribution is 7.71. The molecule has 0 saturated heterocycles. The molecule has 3 rings (SSSR count). The fourth-order valence-corrected chi connectivity index (χ4v) is 3.44. The van der Waals surface area contributed by atoms with Gasteiger partial charge in [-0.3, -0.25) is 14.5 Å². The Labute approximate surface area is 145 Å². The number of aliphatic hydroxyl groups is 1. The van der Waals surface area contributed by atoms with Gasteiger partial charge in [0.1, 0.15) is 18.0 Å². The minimum absolute atomic E-state index is 0.113. The molecule has 0 bridgehead atoms. The maximum Gasteiger partial charge on any atom is 0.240 e. The number of H-pyrrole nitrogens is 1. The minimum Gasteiger partial charge on any atom is -0.383 e. The molecule has 3 N–H and O–H groups in total. The lowest BCUT2D eigenvalue weighted by Crippen LogP contribution is -2.40. The first-order valence-electron chi connectivity index (χ1n) is 8.25. The number of carbonyl (C=O) groups excluding carboxylic acids is 1. The van der Waals surface area contributed by atoms with Crippen molar-refractivity contribution in [2.24, 2.45) is 0 Å². The summed E-state index contributed by atoms with van der Waals surface area (Å²) in [6, 6.07) is 7.84. The molecular formula is C17H22N4O2S. The van der Waals surface area contributed by atoms with Crippen molar-refractivity contribution in [1.29, 1.82) is 0 Å². The Kier molecular flexibility index (Phi) is 4.82. The van der Waals surface area contributed by atoms with Crippen molar-refractivity contribution in [2.45, 2.75) is 44.8 Å². The van der Waals surface area contributed by atoms with Gasteiger partial charge in [-0.25, -0.2) is 0 Å². The van der Waals surface area contributed by atoms with Crippen LogP contribution in [-0.4, -0.2) is 32.3 Å². The van der Waals surface area contributed by atoms with E-state index in [1.165, 1.54) is 0 Å². The van der Waals surface area contributed by atoms with E-state index in [1.54, 1.807) is 4.57 Å². The van der Waals surface area contributed by atoms with Gasteiger partial charge in [0.2, 0.25) is 5.91 Å². The van der Waals surface area contributed by atoms with Crippen molar-refractivity contribution in [1.82, 2.24) is 20.1 Å². The number of nitrogens with one attached hydrogen (secondary N) is 2. The summed E-state index contributed by atoms with van der Waals surface area (Å²) in [5.74, 6) is 0.602. The second kappa shape index (κ2) is 6.86. The third kappa shape index (κ3) is 3.27. The molecule has 1 aromatic carbocycles. The topological polar surface area (TPSA) is 82.9 Å². The van der Waals surface area contributed by atoms with Crippen LogP contribution >= 0.6 is 12.2 Å². The largest absolute Gasteiger partial charge is 0.383 e. The SMILES string of the molecule is CCCc1n[nH]c(=S)n1CC(=O)NCC1(O)CCc2ccccc21. The second-order valence-electron chi connectivity index (χ2n) is 6.25. The normalized spacial score (nSPS) is 19.2. The van der Waals surface area contributed by atoms with E-state index in [0.29, 0.717) is 11.2 Å². The minimum atomic E-state index is -0.990. The maximum atomic E-state index is 12.3. The Morgan fingerprint density at radius 2 is 2.29 bits per heavy atom. The van der Waals surface area contributed by atoms with Gasteiger partial charge in [-0.1, -0.05) is 31.2 Å². The van der Waals surface area contributed by atoms with Crippen molar-refractivity contribution in [3.63, 3.8) is 0 Å². The van der Waals surface area contributed by atoms with E-state index in [4.69, 9.17) is 12.2 Å². The number of aromatic nitrogens is 3. The standard InChI is InChI=1S/C17H22N4O2S/c1-2-5-14-19-20-16(24)21(14)10-15(22)18-11-17(23)9-8-12-6-3-4-7-13(12)17/h3-4,6-7,23H,2,5,8-11H2,1H3,(H,18,22)(H,20,24). The Morgan fingerprint density at radius 3 is 3.08 bits per heavy atom. The summed E-state index contributed by atoms with van der Waals surface area (Å²) in [5.41, 5.74) is 1.07. The van der Waals surface area contributed by atoms with Crippen molar-refractivity contribution in [2.75, 3.05) is 6.54 Å². The molecule has 6 nitrogen and oxygen atoms in total. The fourth-order valence-electron chi connectivity index (χ4n) is 3.22. The van der Waals surface area contributed by atoms with Gasteiger partial charge in [0, 0.05) is 6.42 Å². The molecule has 2 aromatic rings. The van der Waals surface area contributed by atoms with E-state index in [2.05, 4.69) is 22.4 Å². The third-order valence-corrected chi connectivity index (χ3v) is 4.83. The molecular weight excluding hydrogens is 324 g/mol. The summed E-state index contributed by atoms with van der Waals surface area (Å²) in [5, 5.41) is 20.6. The zero-order valence-corrected chi connectivity index (χ0v) is 14.5. The van der Waals surface area contributed by atoms with Gasteiger partial charge in [0.25, 0.3) is 0 Å². The molecule has 1 aliphatic rings. The number of carbonyl (C=O) groups is 1. The lowest BCUT2D eigenvalue weighted by molar-refractivity contribution is -0.123. The van der Waals surface area contributed by atoms with Crippen LogP contribution in [0, 0.1) is 4.77 Å². The summed E-state index contributed by atoms with van der Waals surface area (Å²) >= 11 is 5.19. The molecule has 1 amide bonds. The Morgan fingerprint density at radius 1 is 1.50 bits per heavy atom. The van der Waals surface area contributed by atoms with Gasteiger partial charge in [0.05, 0.1) is 6.54 Å². The molecule has 1 heterocycles. The van der Waals surface area contributed by atoms with Gasteiger partial charge >= 0.3 is 0 Å². The van der Waals surface area contributed by atoms with Gasteiger partial charge in [-0.2, -0.15) is 5.10 Å². The smallest absolute Gasteiger partial charge is 0.240 e. The zero-order chi connectivity index (χ0) is 17.2. The lowest BCUT2D eigenvalue weighted by atomic mass is 9.96. The summed E-state index contributed by atoms with van der Waals surface area (Å²) in [6.07, 6.45) is 3.14. The van der Waals surface area contributed by atoms with Gasteiger partial charge < -0.3 is 10.4 Å². The first-order chi connectivity index (χ1) is 11.5. The van der Waals surface area contributed by atoms with E-state index >= 15 is 0 Å². The number of rotatable bonds is 6. The number of amides is 1. The third-order valence-electron chi connectivity index (χ3n) is 4.52. The Bertz CT molecular complexity index is 798. The number of benzene rings is 1. The lowest BCUT2D eigenvalue weighted by Gasteiger charge is -2.24. The zero-order valence-electron chi connectivity index (χ0n) is 13.7. The van der Waals surface area contributed by atoms with Crippen LogP contribution in [0.15, 0.2) is 24.3 Å². The molecule has 1 aliphatic carbocycles. The molecule has 128 valence electrons. The van der Waals surface area contributed by atoms with E-state index in [-0.39, 0.29) is 19.0 Å². The number of aryl methyl sites for hydroxylation is 2. The van der Waals surface area contributed by atoms with Crippen LogP contribution in [0.1, 0.15) is 36.7 Å². The molecule has 0 aliphatic heterocycles. The molecule has 1 unspecified atom stereocenters. The summed E-state index contributed by atoms with van der Waals surface area (Å²) in [7, 11) is 0.